The Hall–Kier alpha value is -1.35. The van der Waals surface area contributed by atoms with E-state index < -0.39 is 6.29 Å². The molecule has 1 rings (SSSR count). The van der Waals surface area contributed by atoms with E-state index in [0.717, 1.165) is 19.3 Å². The van der Waals surface area contributed by atoms with Crippen LogP contribution in [0.15, 0.2) is 24.3 Å². The molecule has 0 heterocycles. The number of hydrogen-bond acceptors (Lipinski definition) is 3. The monoisotopic (exact) mass is 362 g/mol. The van der Waals surface area contributed by atoms with Gasteiger partial charge >= 0.3 is 5.97 Å². The van der Waals surface area contributed by atoms with Crippen molar-refractivity contribution in [1.29, 1.82) is 0 Å². The average Bonchev–Trinajstić information content (AvgIpc) is 2.61. The Balaban J connectivity index is 2.30. The minimum absolute atomic E-state index is 0.143. The third-order valence-electron chi connectivity index (χ3n) is 4.75. The van der Waals surface area contributed by atoms with Crippen LogP contribution in [0.3, 0.4) is 0 Å². The van der Waals surface area contributed by atoms with Gasteiger partial charge in [-0.25, -0.2) is 0 Å². The van der Waals surface area contributed by atoms with Gasteiger partial charge in [-0.3, -0.25) is 4.79 Å². The number of benzene rings is 1. The number of hydrogen-bond donors (Lipinski definition) is 0. The summed E-state index contributed by atoms with van der Waals surface area (Å²) in [6.45, 7) is 8.85. The van der Waals surface area contributed by atoms with Crippen molar-refractivity contribution < 1.29 is 14.3 Å². The van der Waals surface area contributed by atoms with E-state index in [9.17, 15) is 4.79 Å². The fourth-order valence-corrected chi connectivity index (χ4v) is 2.94. The Morgan fingerprint density at radius 2 is 1.62 bits per heavy atom. The average molecular weight is 363 g/mol. The molecule has 26 heavy (non-hydrogen) atoms. The van der Waals surface area contributed by atoms with Crippen LogP contribution in [0, 0.1) is 0 Å². The van der Waals surface area contributed by atoms with Crippen molar-refractivity contribution in [3.63, 3.8) is 0 Å². The molecule has 1 unspecified atom stereocenters. The van der Waals surface area contributed by atoms with Crippen LogP contribution in [0.5, 0.6) is 0 Å². The molecule has 1 atom stereocenters. The molecule has 0 radical (unpaired) electrons. The first kappa shape index (κ1) is 22.7. The van der Waals surface area contributed by atoms with Crippen molar-refractivity contribution >= 4 is 5.97 Å². The number of rotatable bonds is 12. The predicted octanol–water partition coefficient (Wildman–Crippen LogP) is 6.18. The third kappa shape index (κ3) is 9.38. The van der Waals surface area contributed by atoms with Gasteiger partial charge in [0, 0.05) is 20.0 Å². The molecule has 0 fully saturated rings. The van der Waals surface area contributed by atoms with Crippen LogP contribution in [0.25, 0.3) is 0 Å². The minimum atomic E-state index is -0.454. The normalized spacial score (nSPS) is 12.8. The van der Waals surface area contributed by atoms with E-state index in [-0.39, 0.29) is 11.4 Å². The van der Waals surface area contributed by atoms with E-state index in [1.54, 1.807) is 7.11 Å². The van der Waals surface area contributed by atoms with Gasteiger partial charge in [-0.2, -0.15) is 0 Å². The molecule has 3 heteroatoms. The van der Waals surface area contributed by atoms with Crippen LogP contribution < -0.4 is 0 Å². The smallest absolute Gasteiger partial charge is 0.308 e. The van der Waals surface area contributed by atoms with Gasteiger partial charge in [-0.05, 0) is 29.4 Å². The molecule has 0 aliphatic rings. The second-order valence-electron chi connectivity index (χ2n) is 8.16. The number of carbonyl (C=O) groups excluding carboxylic acids is 1. The molecule has 0 bridgehead atoms. The zero-order valence-electron chi connectivity index (χ0n) is 17.5. The summed E-state index contributed by atoms with van der Waals surface area (Å²) in [5, 5.41) is 0. The highest BCUT2D eigenvalue weighted by atomic mass is 16.7. The molecule has 0 aromatic heterocycles. The summed E-state index contributed by atoms with van der Waals surface area (Å²) < 4.78 is 10.8. The molecule has 0 saturated heterocycles. The standard InChI is InChI=1S/C23H38O3/c1-6-7-8-9-10-11-12-21(24)26-22(25-5)18-15-19-13-16-20(17-14-19)23(2,3)4/h13-14,16-17,22H,6-12,15,18H2,1-5H3. The van der Waals surface area contributed by atoms with Gasteiger partial charge < -0.3 is 9.47 Å². The van der Waals surface area contributed by atoms with Gasteiger partial charge in [-0.15, -0.1) is 0 Å². The Labute approximate surface area is 160 Å². The summed E-state index contributed by atoms with van der Waals surface area (Å²) in [5.74, 6) is -0.143. The van der Waals surface area contributed by atoms with Gasteiger partial charge in [0.15, 0.2) is 0 Å². The Morgan fingerprint density at radius 3 is 2.19 bits per heavy atom. The minimum Gasteiger partial charge on any atom is -0.436 e. The van der Waals surface area contributed by atoms with Gasteiger partial charge in [0.1, 0.15) is 0 Å². The third-order valence-corrected chi connectivity index (χ3v) is 4.75. The maximum absolute atomic E-state index is 12.0. The number of unbranched alkanes of at least 4 members (excludes halogenated alkanes) is 5. The van der Waals surface area contributed by atoms with Crippen LogP contribution in [0.4, 0.5) is 0 Å². The van der Waals surface area contributed by atoms with Gasteiger partial charge in [-0.1, -0.05) is 84.1 Å². The lowest BCUT2D eigenvalue weighted by Crippen LogP contribution is -2.20. The van der Waals surface area contributed by atoms with Gasteiger partial charge in [0.2, 0.25) is 6.29 Å². The van der Waals surface area contributed by atoms with E-state index in [0.29, 0.717) is 12.8 Å². The molecular formula is C23H38O3. The Morgan fingerprint density at radius 1 is 1.00 bits per heavy atom. The summed E-state index contributed by atoms with van der Waals surface area (Å²) in [7, 11) is 1.60. The maximum Gasteiger partial charge on any atom is 0.308 e. The van der Waals surface area contributed by atoms with Crippen molar-refractivity contribution in [2.24, 2.45) is 0 Å². The second kappa shape index (κ2) is 12.1. The molecule has 0 aliphatic carbocycles. The molecule has 148 valence electrons. The first-order valence-electron chi connectivity index (χ1n) is 10.2. The highest BCUT2D eigenvalue weighted by Gasteiger charge is 2.15. The molecule has 0 spiro atoms. The first-order chi connectivity index (χ1) is 12.4. The molecule has 0 amide bonds. The molecule has 0 N–H and O–H groups in total. The van der Waals surface area contributed by atoms with Crippen molar-refractivity contribution in [3.05, 3.63) is 35.4 Å². The quantitative estimate of drug-likeness (QED) is 0.253. The number of aryl methyl sites for hydroxylation is 1. The zero-order valence-corrected chi connectivity index (χ0v) is 17.5. The molecule has 0 aliphatic heterocycles. The summed E-state index contributed by atoms with van der Waals surface area (Å²) in [4.78, 5) is 12.0. The summed E-state index contributed by atoms with van der Waals surface area (Å²) >= 11 is 0. The molecule has 1 aromatic carbocycles. The van der Waals surface area contributed by atoms with Crippen LogP contribution in [0.2, 0.25) is 0 Å². The highest BCUT2D eigenvalue weighted by Crippen LogP contribution is 2.22. The number of esters is 1. The summed E-state index contributed by atoms with van der Waals surface area (Å²) in [6.07, 6.45) is 8.58. The summed E-state index contributed by atoms with van der Waals surface area (Å²) in [5.41, 5.74) is 2.74. The van der Waals surface area contributed by atoms with Gasteiger partial charge in [0.05, 0.1) is 0 Å². The van der Waals surface area contributed by atoms with Crippen molar-refractivity contribution in [2.45, 2.75) is 97.2 Å². The Bertz CT molecular complexity index is 499. The molecular weight excluding hydrogens is 324 g/mol. The lowest BCUT2D eigenvalue weighted by molar-refractivity contribution is -0.174. The highest BCUT2D eigenvalue weighted by molar-refractivity contribution is 5.69. The first-order valence-corrected chi connectivity index (χ1v) is 10.2. The van der Waals surface area contributed by atoms with Crippen LogP contribution in [-0.2, 0) is 26.1 Å². The zero-order chi connectivity index (χ0) is 19.4. The molecule has 3 nitrogen and oxygen atoms in total. The number of carbonyl (C=O) groups is 1. The molecule has 1 aromatic rings. The van der Waals surface area contributed by atoms with Crippen LogP contribution in [-0.4, -0.2) is 19.4 Å². The van der Waals surface area contributed by atoms with E-state index in [1.807, 2.05) is 0 Å². The summed E-state index contributed by atoms with van der Waals surface area (Å²) in [6, 6.07) is 8.68. The number of methoxy groups -OCH3 is 1. The van der Waals surface area contributed by atoms with E-state index >= 15 is 0 Å². The number of ether oxygens (including phenoxy) is 2. The van der Waals surface area contributed by atoms with Crippen molar-refractivity contribution in [3.8, 4) is 0 Å². The lowest BCUT2D eigenvalue weighted by atomic mass is 9.86. The predicted molar refractivity (Wildman–Crippen MR) is 108 cm³/mol. The lowest BCUT2D eigenvalue weighted by Gasteiger charge is -2.19. The van der Waals surface area contributed by atoms with Crippen LogP contribution >= 0.6 is 0 Å². The van der Waals surface area contributed by atoms with E-state index in [2.05, 4.69) is 52.0 Å². The van der Waals surface area contributed by atoms with Crippen molar-refractivity contribution in [2.75, 3.05) is 7.11 Å². The maximum atomic E-state index is 12.0. The fourth-order valence-electron chi connectivity index (χ4n) is 2.94. The van der Waals surface area contributed by atoms with E-state index in [4.69, 9.17) is 9.47 Å². The van der Waals surface area contributed by atoms with Gasteiger partial charge in [0.25, 0.3) is 0 Å². The van der Waals surface area contributed by atoms with Crippen LogP contribution in [0.1, 0.15) is 90.2 Å². The SMILES string of the molecule is CCCCCCCCC(=O)OC(CCc1ccc(C(C)(C)C)cc1)OC. The van der Waals surface area contributed by atoms with E-state index in [1.165, 1.54) is 36.8 Å². The topological polar surface area (TPSA) is 35.5 Å². The largest absolute Gasteiger partial charge is 0.436 e. The van der Waals surface area contributed by atoms with Crippen molar-refractivity contribution in [1.82, 2.24) is 0 Å². The Kier molecular flexibility index (Phi) is 10.6. The molecule has 0 saturated carbocycles. The second-order valence-corrected chi connectivity index (χ2v) is 8.16. The fraction of sp³-hybridized carbons (Fsp3) is 0.696.